The number of amides is 1. The van der Waals surface area contributed by atoms with Gasteiger partial charge in [-0.3, -0.25) is 9.78 Å². The van der Waals surface area contributed by atoms with E-state index >= 15 is 0 Å². The lowest BCUT2D eigenvalue weighted by atomic mass is 9.97. The molecule has 2 atom stereocenters. The SMILES string of the molecule is C[C@H](CC(=O)N1CCC[C@H](N)C1)c1ccncc1. The topological polar surface area (TPSA) is 59.2 Å². The summed E-state index contributed by atoms with van der Waals surface area (Å²) in [6.07, 6.45) is 6.15. The zero-order chi connectivity index (χ0) is 13.0. The smallest absolute Gasteiger partial charge is 0.223 e. The lowest BCUT2D eigenvalue weighted by Crippen LogP contribution is -2.45. The van der Waals surface area contributed by atoms with Crippen molar-refractivity contribution in [3.05, 3.63) is 30.1 Å². The number of aromatic nitrogens is 1. The Morgan fingerprint density at radius 3 is 2.94 bits per heavy atom. The molecule has 2 heterocycles. The van der Waals surface area contributed by atoms with Crippen LogP contribution in [0.1, 0.15) is 37.7 Å². The highest BCUT2D eigenvalue weighted by Gasteiger charge is 2.22. The molecule has 18 heavy (non-hydrogen) atoms. The van der Waals surface area contributed by atoms with Gasteiger partial charge in [0.2, 0.25) is 5.91 Å². The van der Waals surface area contributed by atoms with Gasteiger partial charge in [0, 0.05) is 37.9 Å². The second-order valence-electron chi connectivity index (χ2n) is 5.13. The van der Waals surface area contributed by atoms with E-state index in [-0.39, 0.29) is 17.9 Å². The van der Waals surface area contributed by atoms with Gasteiger partial charge in [-0.2, -0.15) is 0 Å². The molecule has 1 saturated heterocycles. The summed E-state index contributed by atoms with van der Waals surface area (Å²) in [6, 6.07) is 4.10. The number of hydrogen-bond acceptors (Lipinski definition) is 3. The largest absolute Gasteiger partial charge is 0.341 e. The maximum atomic E-state index is 12.2. The Bertz CT molecular complexity index is 393. The molecule has 0 saturated carbocycles. The molecule has 4 nitrogen and oxygen atoms in total. The van der Waals surface area contributed by atoms with E-state index in [4.69, 9.17) is 5.73 Å². The highest BCUT2D eigenvalue weighted by molar-refractivity contribution is 5.77. The molecule has 0 aliphatic carbocycles. The third kappa shape index (κ3) is 3.29. The molecule has 0 unspecified atom stereocenters. The molecule has 0 radical (unpaired) electrons. The van der Waals surface area contributed by atoms with Crippen molar-refractivity contribution in [2.75, 3.05) is 13.1 Å². The first-order valence-electron chi connectivity index (χ1n) is 6.60. The van der Waals surface area contributed by atoms with E-state index in [1.54, 1.807) is 12.4 Å². The molecule has 0 bridgehead atoms. The van der Waals surface area contributed by atoms with Crippen molar-refractivity contribution in [2.24, 2.45) is 5.73 Å². The highest BCUT2D eigenvalue weighted by atomic mass is 16.2. The summed E-state index contributed by atoms with van der Waals surface area (Å²) in [5, 5.41) is 0. The summed E-state index contributed by atoms with van der Waals surface area (Å²) < 4.78 is 0. The van der Waals surface area contributed by atoms with Gasteiger partial charge in [0.25, 0.3) is 0 Å². The second-order valence-corrected chi connectivity index (χ2v) is 5.13. The number of carbonyl (C=O) groups is 1. The Morgan fingerprint density at radius 2 is 2.28 bits per heavy atom. The Balaban J connectivity index is 1.91. The van der Waals surface area contributed by atoms with Gasteiger partial charge in [-0.15, -0.1) is 0 Å². The van der Waals surface area contributed by atoms with Crippen LogP contribution in [0.4, 0.5) is 0 Å². The molecule has 1 fully saturated rings. The molecular weight excluding hydrogens is 226 g/mol. The first kappa shape index (κ1) is 13.0. The third-order valence-corrected chi connectivity index (χ3v) is 3.57. The minimum absolute atomic E-state index is 0.152. The summed E-state index contributed by atoms with van der Waals surface area (Å²) in [5.41, 5.74) is 7.07. The van der Waals surface area contributed by atoms with Crippen molar-refractivity contribution < 1.29 is 4.79 Å². The summed E-state index contributed by atoms with van der Waals surface area (Å²) in [7, 11) is 0. The predicted molar refractivity (Wildman–Crippen MR) is 71.1 cm³/mol. The number of pyridine rings is 1. The van der Waals surface area contributed by atoms with Crippen LogP contribution in [0.25, 0.3) is 0 Å². The predicted octanol–water partition coefficient (Wildman–Crippen LogP) is 1.52. The Kier molecular flexibility index (Phi) is 4.31. The van der Waals surface area contributed by atoms with Crippen molar-refractivity contribution in [1.29, 1.82) is 0 Å². The second kappa shape index (κ2) is 5.96. The van der Waals surface area contributed by atoms with Gasteiger partial charge in [0.05, 0.1) is 0 Å². The quantitative estimate of drug-likeness (QED) is 0.881. The Hall–Kier alpha value is -1.42. The molecule has 0 aromatic carbocycles. The molecule has 2 rings (SSSR count). The van der Waals surface area contributed by atoms with Crippen LogP contribution in [-0.2, 0) is 4.79 Å². The lowest BCUT2D eigenvalue weighted by molar-refractivity contribution is -0.132. The molecule has 1 aliphatic heterocycles. The highest BCUT2D eigenvalue weighted by Crippen LogP contribution is 2.20. The van der Waals surface area contributed by atoms with Gasteiger partial charge in [-0.25, -0.2) is 0 Å². The van der Waals surface area contributed by atoms with E-state index < -0.39 is 0 Å². The van der Waals surface area contributed by atoms with Crippen LogP contribution in [0.3, 0.4) is 0 Å². The van der Waals surface area contributed by atoms with Crippen molar-refractivity contribution in [1.82, 2.24) is 9.88 Å². The van der Waals surface area contributed by atoms with E-state index in [1.165, 1.54) is 5.56 Å². The van der Waals surface area contributed by atoms with Crippen molar-refractivity contribution in [2.45, 2.75) is 38.1 Å². The third-order valence-electron chi connectivity index (χ3n) is 3.57. The molecule has 1 amide bonds. The lowest BCUT2D eigenvalue weighted by Gasteiger charge is -2.31. The first-order valence-corrected chi connectivity index (χ1v) is 6.60. The minimum atomic E-state index is 0.152. The molecule has 2 N–H and O–H groups in total. The van der Waals surface area contributed by atoms with Crippen LogP contribution in [0.5, 0.6) is 0 Å². The van der Waals surface area contributed by atoms with Crippen LogP contribution < -0.4 is 5.73 Å². The number of nitrogens with zero attached hydrogens (tertiary/aromatic N) is 2. The van der Waals surface area contributed by atoms with Gasteiger partial charge in [0.1, 0.15) is 0 Å². The average molecular weight is 247 g/mol. The first-order chi connectivity index (χ1) is 8.66. The van der Waals surface area contributed by atoms with E-state index in [2.05, 4.69) is 11.9 Å². The van der Waals surface area contributed by atoms with Gasteiger partial charge >= 0.3 is 0 Å². The fourth-order valence-corrected chi connectivity index (χ4v) is 2.44. The summed E-state index contributed by atoms with van der Waals surface area (Å²) in [6.45, 7) is 3.65. The van der Waals surface area contributed by atoms with Crippen LogP contribution in [-0.4, -0.2) is 34.9 Å². The fraction of sp³-hybridized carbons (Fsp3) is 0.571. The summed E-state index contributed by atoms with van der Waals surface area (Å²) in [4.78, 5) is 18.1. The van der Waals surface area contributed by atoms with E-state index in [1.807, 2.05) is 17.0 Å². The molecule has 4 heteroatoms. The molecule has 0 spiro atoms. The van der Waals surface area contributed by atoms with Gasteiger partial charge in [-0.05, 0) is 36.5 Å². The minimum Gasteiger partial charge on any atom is -0.341 e. The summed E-state index contributed by atoms with van der Waals surface area (Å²) in [5.74, 6) is 0.452. The van der Waals surface area contributed by atoms with Gasteiger partial charge in [0.15, 0.2) is 0 Å². The van der Waals surface area contributed by atoms with Crippen LogP contribution in [0.2, 0.25) is 0 Å². The number of piperidine rings is 1. The summed E-state index contributed by atoms with van der Waals surface area (Å²) >= 11 is 0. The zero-order valence-electron chi connectivity index (χ0n) is 10.9. The monoisotopic (exact) mass is 247 g/mol. The molecule has 1 aromatic rings. The molecule has 98 valence electrons. The molecular formula is C14H21N3O. The molecule has 1 aliphatic rings. The number of likely N-dealkylation sites (tertiary alicyclic amines) is 1. The van der Waals surface area contributed by atoms with Crippen LogP contribution >= 0.6 is 0 Å². The van der Waals surface area contributed by atoms with Crippen LogP contribution in [0, 0.1) is 0 Å². The number of rotatable bonds is 3. The Morgan fingerprint density at radius 1 is 1.56 bits per heavy atom. The fourth-order valence-electron chi connectivity index (χ4n) is 2.44. The van der Waals surface area contributed by atoms with E-state index in [0.717, 1.165) is 19.4 Å². The van der Waals surface area contributed by atoms with E-state index in [9.17, 15) is 4.79 Å². The maximum Gasteiger partial charge on any atom is 0.223 e. The maximum absolute atomic E-state index is 12.2. The Labute approximate surface area is 108 Å². The van der Waals surface area contributed by atoms with Crippen molar-refractivity contribution >= 4 is 5.91 Å². The van der Waals surface area contributed by atoms with Crippen molar-refractivity contribution in [3.63, 3.8) is 0 Å². The standard InChI is InChI=1S/C14H21N3O/c1-11(12-4-6-16-7-5-12)9-14(18)17-8-2-3-13(15)10-17/h4-7,11,13H,2-3,8-10,15H2,1H3/t11-,13+/m1/s1. The normalized spacial score (nSPS) is 21.7. The number of carbonyl (C=O) groups excluding carboxylic acids is 1. The van der Waals surface area contributed by atoms with Crippen molar-refractivity contribution in [3.8, 4) is 0 Å². The number of nitrogens with two attached hydrogens (primary N) is 1. The zero-order valence-corrected chi connectivity index (χ0v) is 10.9. The van der Waals surface area contributed by atoms with E-state index in [0.29, 0.717) is 13.0 Å². The van der Waals surface area contributed by atoms with Gasteiger partial charge < -0.3 is 10.6 Å². The molecule has 1 aromatic heterocycles. The van der Waals surface area contributed by atoms with Crippen LogP contribution in [0.15, 0.2) is 24.5 Å². The average Bonchev–Trinajstić information content (AvgIpc) is 2.39. The number of hydrogen-bond donors (Lipinski definition) is 1. The van der Waals surface area contributed by atoms with Gasteiger partial charge in [-0.1, -0.05) is 6.92 Å².